The van der Waals surface area contributed by atoms with Gasteiger partial charge in [0.25, 0.3) is 0 Å². The second-order valence-electron chi connectivity index (χ2n) is 4.50. The maximum atomic E-state index is 12.5. The van der Waals surface area contributed by atoms with Crippen LogP contribution in [0.5, 0.6) is 0 Å². The summed E-state index contributed by atoms with van der Waals surface area (Å²) in [4.78, 5) is 12.0. The van der Waals surface area contributed by atoms with Crippen LogP contribution < -0.4 is 0 Å². The van der Waals surface area contributed by atoms with Gasteiger partial charge in [-0.05, 0) is 24.5 Å². The predicted octanol–water partition coefficient (Wildman–Crippen LogP) is 3.31. The van der Waals surface area contributed by atoms with Crippen LogP contribution in [0.4, 0.5) is 13.2 Å². The molecule has 2 atom stereocenters. The summed E-state index contributed by atoms with van der Waals surface area (Å²) in [6, 6.07) is 4.48. The second kappa shape index (κ2) is 4.72. The number of carbonyl (C=O) groups is 1. The molecular weight excluding hydrogens is 245 g/mol. The molecule has 0 saturated carbocycles. The molecule has 2 unspecified atom stereocenters. The number of hydrogen-bond donors (Lipinski definition) is 0. The molecule has 1 aromatic rings. The molecule has 2 nitrogen and oxygen atoms in total. The van der Waals surface area contributed by atoms with Crippen molar-refractivity contribution in [2.75, 3.05) is 6.61 Å². The lowest BCUT2D eigenvalue weighted by Gasteiger charge is -2.14. The summed E-state index contributed by atoms with van der Waals surface area (Å²) in [5.41, 5.74) is -0.748. The van der Waals surface area contributed by atoms with Crippen LogP contribution in [0.1, 0.15) is 29.3 Å². The van der Waals surface area contributed by atoms with Gasteiger partial charge in [-0.15, -0.1) is 0 Å². The fourth-order valence-electron chi connectivity index (χ4n) is 2.04. The van der Waals surface area contributed by atoms with Crippen molar-refractivity contribution in [2.45, 2.75) is 25.6 Å². The molecular formula is C13H13F3O2. The summed E-state index contributed by atoms with van der Waals surface area (Å²) in [5.74, 6) is -0.321. The van der Waals surface area contributed by atoms with Gasteiger partial charge >= 0.3 is 6.18 Å². The molecule has 0 N–H and O–H groups in total. The first-order valence-corrected chi connectivity index (χ1v) is 5.72. The number of alkyl halides is 3. The lowest BCUT2D eigenvalue weighted by atomic mass is 9.95. The third-order valence-corrected chi connectivity index (χ3v) is 3.12. The summed E-state index contributed by atoms with van der Waals surface area (Å²) >= 11 is 0. The minimum absolute atomic E-state index is 0.0482. The van der Waals surface area contributed by atoms with Crippen molar-refractivity contribution in [1.29, 1.82) is 0 Å². The Bertz CT molecular complexity index is 454. The highest BCUT2D eigenvalue weighted by molar-refractivity contribution is 6.00. The average Bonchev–Trinajstić information content (AvgIpc) is 2.73. The first kappa shape index (κ1) is 13.1. The van der Waals surface area contributed by atoms with Crippen molar-refractivity contribution >= 4 is 5.78 Å². The van der Waals surface area contributed by atoms with Crippen LogP contribution in [-0.2, 0) is 10.9 Å². The molecule has 1 saturated heterocycles. The number of carbonyl (C=O) groups excluding carboxylic acids is 1. The highest BCUT2D eigenvalue weighted by Gasteiger charge is 2.34. The normalized spacial score (nSPS) is 24.2. The Morgan fingerprint density at radius 3 is 2.67 bits per heavy atom. The molecule has 0 bridgehead atoms. The average molecular weight is 258 g/mol. The van der Waals surface area contributed by atoms with Crippen molar-refractivity contribution in [3.63, 3.8) is 0 Å². The number of ether oxygens (including phenoxy) is 1. The van der Waals surface area contributed by atoms with E-state index in [4.69, 9.17) is 4.74 Å². The SMILES string of the molecule is CC1CCOC1C(=O)c1cccc(C(F)(F)F)c1. The molecule has 1 aliphatic rings. The standard InChI is InChI=1S/C13H13F3O2/c1-8-5-6-18-12(8)11(17)9-3-2-4-10(7-9)13(14,15)16/h2-4,7-8,12H,5-6H2,1H3. The monoisotopic (exact) mass is 258 g/mol. The third-order valence-electron chi connectivity index (χ3n) is 3.12. The molecule has 0 spiro atoms. The highest BCUT2D eigenvalue weighted by atomic mass is 19.4. The first-order valence-electron chi connectivity index (χ1n) is 5.72. The van der Waals surface area contributed by atoms with E-state index in [-0.39, 0.29) is 17.3 Å². The zero-order chi connectivity index (χ0) is 13.3. The Hall–Kier alpha value is -1.36. The Morgan fingerprint density at radius 1 is 1.39 bits per heavy atom. The second-order valence-corrected chi connectivity index (χ2v) is 4.50. The van der Waals surface area contributed by atoms with E-state index in [9.17, 15) is 18.0 Å². The van der Waals surface area contributed by atoms with E-state index < -0.39 is 17.8 Å². The van der Waals surface area contributed by atoms with E-state index in [0.29, 0.717) is 6.61 Å². The Balaban J connectivity index is 2.26. The minimum atomic E-state index is -4.43. The number of ketones is 1. The molecule has 1 fully saturated rings. The van der Waals surface area contributed by atoms with Gasteiger partial charge in [-0.1, -0.05) is 19.1 Å². The molecule has 1 heterocycles. The van der Waals surface area contributed by atoms with Gasteiger partial charge in [0, 0.05) is 12.2 Å². The Morgan fingerprint density at radius 2 is 2.11 bits per heavy atom. The number of hydrogen-bond acceptors (Lipinski definition) is 2. The topological polar surface area (TPSA) is 26.3 Å². The summed E-state index contributed by atoms with van der Waals surface area (Å²) in [6.07, 6.45) is -4.29. The third kappa shape index (κ3) is 2.56. The van der Waals surface area contributed by atoms with Gasteiger partial charge < -0.3 is 4.74 Å². The van der Waals surface area contributed by atoms with E-state index in [0.717, 1.165) is 18.6 Å². The minimum Gasteiger partial charge on any atom is -0.370 e. The number of benzene rings is 1. The van der Waals surface area contributed by atoms with E-state index >= 15 is 0 Å². The molecule has 18 heavy (non-hydrogen) atoms. The van der Waals surface area contributed by atoms with Gasteiger partial charge in [0.15, 0.2) is 5.78 Å². The molecule has 1 aromatic carbocycles. The van der Waals surface area contributed by atoms with E-state index in [2.05, 4.69) is 0 Å². The maximum Gasteiger partial charge on any atom is 0.416 e. The molecule has 1 aliphatic heterocycles. The predicted molar refractivity (Wildman–Crippen MR) is 59.3 cm³/mol. The van der Waals surface area contributed by atoms with Crippen LogP contribution in [0.25, 0.3) is 0 Å². The first-order chi connectivity index (χ1) is 8.39. The summed E-state index contributed by atoms with van der Waals surface area (Å²) < 4.78 is 42.9. The van der Waals surface area contributed by atoms with Gasteiger partial charge in [-0.3, -0.25) is 4.79 Å². The van der Waals surface area contributed by atoms with Crippen molar-refractivity contribution in [1.82, 2.24) is 0 Å². The van der Waals surface area contributed by atoms with Gasteiger partial charge in [-0.2, -0.15) is 13.2 Å². The highest BCUT2D eigenvalue weighted by Crippen LogP contribution is 2.31. The number of rotatable bonds is 2. The zero-order valence-electron chi connectivity index (χ0n) is 9.83. The van der Waals surface area contributed by atoms with Crippen molar-refractivity contribution in [2.24, 2.45) is 5.92 Å². The van der Waals surface area contributed by atoms with E-state index in [1.54, 1.807) is 0 Å². The van der Waals surface area contributed by atoms with Crippen molar-refractivity contribution in [3.05, 3.63) is 35.4 Å². The van der Waals surface area contributed by atoms with Crippen LogP contribution in [0.3, 0.4) is 0 Å². The summed E-state index contributed by atoms with van der Waals surface area (Å²) in [5, 5.41) is 0. The summed E-state index contributed by atoms with van der Waals surface area (Å²) in [6.45, 7) is 2.35. The van der Waals surface area contributed by atoms with Crippen LogP contribution in [0.15, 0.2) is 24.3 Å². The van der Waals surface area contributed by atoms with Crippen LogP contribution in [0.2, 0.25) is 0 Å². The fourth-order valence-corrected chi connectivity index (χ4v) is 2.04. The Kier molecular flexibility index (Phi) is 3.43. The van der Waals surface area contributed by atoms with E-state index in [1.807, 2.05) is 6.92 Å². The van der Waals surface area contributed by atoms with Crippen LogP contribution in [0, 0.1) is 5.92 Å². The van der Waals surface area contributed by atoms with Crippen molar-refractivity contribution < 1.29 is 22.7 Å². The molecule has 2 rings (SSSR count). The van der Waals surface area contributed by atoms with Gasteiger partial charge in [0.2, 0.25) is 0 Å². The smallest absolute Gasteiger partial charge is 0.370 e. The van der Waals surface area contributed by atoms with Gasteiger partial charge in [0.05, 0.1) is 5.56 Å². The lowest BCUT2D eigenvalue weighted by molar-refractivity contribution is -0.137. The van der Waals surface area contributed by atoms with Crippen LogP contribution >= 0.6 is 0 Å². The Labute approximate surface area is 103 Å². The number of halogens is 3. The lowest BCUT2D eigenvalue weighted by Crippen LogP contribution is -2.25. The van der Waals surface area contributed by atoms with Crippen LogP contribution in [-0.4, -0.2) is 18.5 Å². The van der Waals surface area contributed by atoms with E-state index in [1.165, 1.54) is 12.1 Å². The summed E-state index contributed by atoms with van der Waals surface area (Å²) in [7, 11) is 0. The molecule has 0 aromatic heterocycles. The largest absolute Gasteiger partial charge is 0.416 e. The zero-order valence-corrected chi connectivity index (χ0v) is 9.83. The quantitative estimate of drug-likeness (QED) is 0.761. The maximum absolute atomic E-state index is 12.5. The molecule has 0 radical (unpaired) electrons. The fraction of sp³-hybridized carbons (Fsp3) is 0.462. The number of Topliss-reactive ketones (excluding diaryl/α,β-unsaturated/α-hetero) is 1. The van der Waals surface area contributed by atoms with Gasteiger partial charge in [0.1, 0.15) is 6.10 Å². The molecule has 98 valence electrons. The molecule has 0 amide bonds. The van der Waals surface area contributed by atoms with Crippen molar-refractivity contribution in [3.8, 4) is 0 Å². The van der Waals surface area contributed by atoms with Gasteiger partial charge in [-0.25, -0.2) is 0 Å². The molecule has 5 heteroatoms. The molecule has 0 aliphatic carbocycles.